The Bertz CT molecular complexity index is 605. The number of hydrogen-bond donors (Lipinski definition) is 0. The number of carbonyl (C=O) groups excluding carboxylic acids is 1. The van der Waals surface area contributed by atoms with Crippen LogP contribution in [0.5, 0.6) is 5.75 Å². The lowest BCUT2D eigenvalue weighted by Crippen LogP contribution is -2.13. The number of ketones is 1. The zero-order valence-corrected chi connectivity index (χ0v) is 10.9. The Morgan fingerprint density at radius 2 is 1.95 bits per heavy atom. The topological polar surface area (TPSA) is 26.3 Å². The predicted octanol–water partition coefficient (Wildman–Crippen LogP) is 3.70. The van der Waals surface area contributed by atoms with Gasteiger partial charge in [-0.1, -0.05) is 29.8 Å². The van der Waals surface area contributed by atoms with Crippen LogP contribution >= 0.6 is 0 Å². The smallest absolute Gasteiger partial charge is 0.200 e. The number of hydrogen-bond acceptors (Lipinski definition) is 2. The Hall–Kier alpha value is -2.16. The van der Waals surface area contributed by atoms with E-state index in [4.69, 9.17) is 4.74 Å². The molecule has 2 rings (SSSR count). The molecule has 0 aliphatic rings. The van der Waals surface area contributed by atoms with Crippen LogP contribution in [0.4, 0.5) is 4.39 Å². The van der Waals surface area contributed by atoms with Crippen LogP contribution in [0.3, 0.4) is 0 Å². The van der Waals surface area contributed by atoms with Crippen molar-refractivity contribution in [3.8, 4) is 5.75 Å². The highest BCUT2D eigenvalue weighted by Crippen LogP contribution is 2.14. The van der Waals surface area contributed by atoms with Gasteiger partial charge in [-0.25, -0.2) is 4.39 Å². The van der Waals surface area contributed by atoms with Crippen LogP contribution in [0.2, 0.25) is 0 Å². The van der Waals surface area contributed by atoms with Crippen LogP contribution in [-0.4, -0.2) is 12.4 Å². The monoisotopic (exact) mass is 258 g/mol. The molecule has 0 bridgehead atoms. The number of carbonyl (C=O) groups is 1. The highest BCUT2D eigenvalue weighted by Gasteiger charge is 2.10. The number of aryl methyl sites for hydroxylation is 2. The van der Waals surface area contributed by atoms with E-state index >= 15 is 0 Å². The molecule has 3 heteroatoms. The number of benzene rings is 2. The van der Waals surface area contributed by atoms with Gasteiger partial charge in [0.05, 0.1) is 0 Å². The van der Waals surface area contributed by atoms with Gasteiger partial charge < -0.3 is 4.74 Å². The van der Waals surface area contributed by atoms with Gasteiger partial charge in [-0.2, -0.15) is 0 Å². The molecule has 2 aromatic carbocycles. The van der Waals surface area contributed by atoms with Gasteiger partial charge in [-0.05, 0) is 31.5 Å². The summed E-state index contributed by atoms with van der Waals surface area (Å²) in [5, 5.41) is 0. The summed E-state index contributed by atoms with van der Waals surface area (Å²) < 4.78 is 18.3. The Balaban J connectivity index is 2.05. The summed E-state index contributed by atoms with van der Waals surface area (Å²) >= 11 is 0. The van der Waals surface area contributed by atoms with Crippen LogP contribution < -0.4 is 4.74 Å². The molecule has 0 saturated carbocycles. The van der Waals surface area contributed by atoms with E-state index in [2.05, 4.69) is 0 Å². The minimum absolute atomic E-state index is 0.0899. The molecule has 0 atom stereocenters. The summed E-state index contributed by atoms with van der Waals surface area (Å²) in [7, 11) is 0. The molecular formula is C16H15FO2. The van der Waals surface area contributed by atoms with Gasteiger partial charge in [0.15, 0.2) is 12.4 Å². The highest BCUT2D eigenvalue weighted by molar-refractivity contribution is 5.98. The third kappa shape index (κ3) is 3.41. The van der Waals surface area contributed by atoms with E-state index in [1.165, 1.54) is 12.1 Å². The number of ether oxygens (including phenoxy) is 1. The molecule has 0 unspecified atom stereocenters. The fourth-order valence-electron chi connectivity index (χ4n) is 1.91. The number of rotatable bonds is 4. The first-order valence-electron chi connectivity index (χ1n) is 6.05. The van der Waals surface area contributed by atoms with E-state index < -0.39 is 0 Å². The van der Waals surface area contributed by atoms with E-state index in [0.29, 0.717) is 11.3 Å². The lowest BCUT2D eigenvalue weighted by Gasteiger charge is -2.08. The molecule has 0 fully saturated rings. The van der Waals surface area contributed by atoms with Gasteiger partial charge >= 0.3 is 0 Å². The summed E-state index contributed by atoms with van der Waals surface area (Å²) in [6.45, 7) is 3.78. The molecule has 2 aromatic rings. The molecule has 0 aromatic heterocycles. The van der Waals surface area contributed by atoms with Crippen LogP contribution in [0.15, 0.2) is 42.5 Å². The second kappa shape index (κ2) is 5.65. The van der Waals surface area contributed by atoms with E-state index in [-0.39, 0.29) is 18.2 Å². The van der Waals surface area contributed by atoms with E-state index in [1.54, 1.807) is 18.2 Å². The highest BCUT2D eigenvalue weighted by atomic mass is 19.1. The van der Waals surface area contributed by atoms with Crippen molar-refractivity contribution >= 4 is 5.78 Å². The van der Waals surface area contributed by atoms with Crippen molar-refractivity contribution in [3.05, 3.63) is 65.0 Å². The molecule has 0 saturated heterocycles. The summed E-state index contributed by atoms with van der Waals surface area (Å²) in [4.78, 5) is 12.0. The predicted molar refractivity (Wildman–Crippen MR) is 72.1 cm³/mol. The first kappa shape index (κ1) is 13.3. The third-order valence-corrected chi connectivity index (χ3v) is 2.85. The van der Waals surface area contributed by atoms with Crippen molar-refractivity contribution in [1.82, 2.24) is 0 Å². The standard InChI is InChI=1S/C16H15FO2/c1-11-6-7-15(12(2)8-11)16(18)10-19-14-5-3-4-13(17)9-14/h3-9H,10H2,1-2H3. The van der Waals surface area contributed by atoms with Crippen molar-refractivity contribution < 1.29 is 13.9 Å². The maximum Gasteiger partial charge on any atom is 0.200 e. The third-order valence-electron chi connectivity index (χ3n) is 2.85. The molecular weight excluding hydrogens is 243 g/mol. The Kier molecular flexibility index (Phi) is 3.95. The Morgan fingerprint density at radius 1 is 1.16 bits per heavy atom. The SMILES string of the molecule is Cc1ccc(C(=O)COc2cccc(F)c2)c(C)c1. The van der Waals surface area contributed by atoms with Crippen LogP contribution in [-0.2, 0) is 0 Å². The van der Waals surface area contributed by atoms with Crippen LogP contribution in [0.25, 0.3) is 0 Å². The Labute approximate surface area is 111 Å². The van der Waals surface area contributed by atoms with E-state index in [0.717, 1.165) is 11.1 Å². The quantitative estimate of drug-likeness (QED) is 0.781. The van der Waals surface area contributed by atoms with Crippen LogP contribution in [0, 0.1) is 19.7 Å². The molecule has 0 N–H and O–H groups in total. The summed E-state index contributed by atoms with van der Waals surface area (Å²) in [6, 6.07) is 11.4. The normalized spacial score (nSPS) is 10.3. The number of halogens is 1. The van der Waals surface area contributed by atoms with Gasteiger partial charge in [0, 0.05) is 11.6 Å². The molecule has 0 heterocycles. The van der Waals surface area contributed by atoms with Crippen molar-refractivity contribution in [1.29, 1.82) is 0 Å². The molecule has 2 nitrogen and oxygen atoms in total. The second-order valence-corrected chi connectivity index (χ2v) is 4.49. The Morgan fingerprint density at radius 3 is 2.63 bits per heavy atom. The van der Waals surface area contributed by atoms with Crippen molar-refractivity contribution in [2.45, 2.75) is 13.8 Å². The van der Waals surface area contributed by atoms with Gasteiger partial charge in [0.1, 0.15) is 11.6 Å². The largest absolute Gasteiger partial charge is 0.485 e. The number of Topliss-reactive ketones (excluding diaryl/α,β-unsaturated/α-hetero) is 1. The van der Waals surface area contributed by atoms with Crippen molar-refractivity contribution in [2.75, 3.05) is 6.61 Å². The van der Waals surface area contributed by atoms with Gasteiger partial charge in [-0.3, -0.25) is 4.79 Å². The van der Waals surface area contributed by atoms with Gasteiger partial charge in [-0.15, -0.1) is 0 Å². The van der Waals surface area contributed by atoms with E-state index in [9.17, 15) is 9.18 Å². The van der Waals surface area contributed by atoms with Gasteiger partial charge in [0.2, 0.25) is 0 Å². The zero-order valence-electron chi connectivity index (χ0n) is 10.9. The van der Waals surface area contributed by atoms with Gasteiger partial charge in [0.25, 0.3) is 0 Å². The molecule has 0 radical (unpaired) electrons. The molecule has 0 aliphatic heterocycles. The maximum absolute atomic E-state index is 13.0. The lowest BCUT2D eigenvalue weighted by atomic mass is 10.0. The van der Waals surface area contributed by atoms with E-state index in [1.807, 2.05) is 26.0 Å². The average molecular weight is 258 g/mol. The summed E-state index contributed by atoms with van der Waals surface area (Å²) in [5.41, 5.74) is 2.68. The minimum Gasteiger partial charge on any atom is -0.485 e. The van der Waals surface area contributed by atoms with Crippen molar-refractivity contribution in [2.24, 2.45) is 0 Å². The molecule has 98 valence electrons. The fourth-order valence-corrected chi connectivity index (χ4v) is 1.91. The molecule has 0 amide bonds. The van der Waals surface area contributed by atoms with Crippen molar-refractivity contribution in [3.63, 3.8) is 0 Å². The first-order valence-corrected chi connectivity index (χ1v) is 6.05. The summed E-state index contributed by atoms with van der Waals surface area (Å²) in [6.07, 6.45) is 0. The molecule has 19 heavy (non-hydrogen) atoms. The molecule has 0 spiro atoms. The fraction of sp³-hybridized carbons (Fsp3) is 0.188. The summed E-state index contributed by atoms with van der Waals surface area (Å²) in [5.74, 6) is -0.128. The second-order valence-electron chi connectivity index (χ2n) is 4.49. The zero-order chi connectivity index (χ0) is 13.8. The minimum atomic E-state index is -0.378. The first-order chi connectivity index (χ1) is 9.06. The van der Waals surface area contributed by atoms with Crippen LogP contribution in [0.1, 0.15) is 21.5 Å². The lowest BCUT2D eigenvalue weighted by molar-refractivity contribution is 0.0920. The maximum atomic E-state index is 13.0. The molecule has 0 aliphatic carbocycles. The average Bonchev–Trinajstić information content (AvgIpc) is 2.36.